The smallest absolute Gasteiger partial charge is 0.306 e. The molecule has 0 rings (SSSR count). The van der Waals surface area contributed by atoms with Crippen LogP contribution in [0.25, 0.3) is 0 Å². The first-order chi connectivity index (χ1) is 33.0. The van der Waals surface area contributed by atoms with E-state index in [9.17, 15) is 14.4 Å². The Bertz CT molecular complexity index is 1170. The van der Waals surface area contributed by atoms with Gasteiger partial charge in [0.25, 0.3) is 0 Å². The van der Waals surface area contributed by atoms with E-state index in [4.69, 9.17) is 14.2 Å². The molecule has 0 aromatic heterocycles. The highest BCUT2D eigenvalue weighted by Crippen LogP contribution is 2.17. The van der Waals surface area contributed by atoms with Crippen LogP contribution in [-0.2, 0) is 28.6 Å². The number of ether oxygens (including phenoxy) is 3. The van der Waals surface area contributed by atoms with Crippen LogP contribution in [0, 0.1) is 0 Å². The van der Waals surface area contributed by atoms with Crippen LogP contribution in [0.15, 0.2) is 48.6 Å². The average Bonchev–Trinajstić information content (AvgIpc) is 3.33. The molecule has 0 bridgehead atoms. The van der Waals surface area contributed by atoms with Crippen molar-refractivity contribution in [2.45, 2.75) is 309 Å². The molecule has 0 saturated heterocycles. The lowest BCUT2D eigenvalue weighted by Crippen LogP contribution is -2.30. The summed E-state index contributed by atoms with van der Waals surface area (Å²) in [5.74, 6) is -0.909. The second kappa shape index (κ2) is 56.0. The topological polar surface area (TPSA) is 78.9 Å². The fourth-order valence-electron chi connectivity index (χ4n) is 8.49. The lowest BCUT2D eigenvalue weighted by atomic mass is 10.0. The zero-order valence-electron chi connectivity index (χ0n) is 44.7. The van der Waals surface area contributed by atoms with Crippen LogP contribution < -0.4 is 0 Å². The van der Waals surface area contributed by atoms with Gasteiger partial charge in [-0.1, -0.05) is 275 Å². The average molecular weight is 940 g/mol. The summed E-state index contributed by atoms with van der Waals surface area (Å²) in [5, 5.41) is 0. The second-order valence-corrected chi connectivity index (χ2v) is 19.5. The van der Waals surface area contributed by atoms with Gasteiger partial charge in [-0.25, -0.2) is 0 Å². The number of hydrogen-bond acceptors (Lipinski definition) is 6. The van der Waals surface area contributed by atoms with Crippen LogP contribution in [0.1, 0.15) is 303 Å². The summed E-state index contributed by atoms with van der Waals surface area (Å²) in [4.78, 5) is 38.1. The van der Waals surface area contributed by atoms with Crippen LogP contribution in [0.5, 0.6) is 0 Å². The molecule has 0 aliphatic carbocycles. The van der Waals surface area contributed by atoms with Crippen molar-refractivity contribution in [2.75, 3.05) is 13.2 Å². The van der Waals surface area contributed by atoms with E-state index >= 15 is 0 Å². The van der Waals surface area contributed by atoms with Crippen LogP contribution in [0.2, 0.25) is 0 Å². The summed E-state index contributed by atoms with van der Waals surface area (Å²) >= 11 is 0. The minimum absolute atomic E-state index is 0.0818. The molecule has 390 valence electrons. The highest BCUT2D eigenvalue weighted by Gasteiger charge is 2.19. The van der Waals surface area contributed by atoms with Gasteiger partial charge in [0.15, 0.2) is 6.10 Å². The van der Waals surface area contributed by atoms with Crippen molar-refractivity contribution in [3.63, 3.8) is 0 Å². The van der Waals surface area contributed by atoms with Gasteiger partial charge in [-0.2, -0.15) is 0 Å². The number of carbonyl (C=O) groups is 3. The molecule has 0 spiro atoms. The molecule has 0 heterocycles. The van der Waals surface area contributed by atoms with Gasteiger partial charge in [-0.3, -0.25) is 14.4 Å². The first-order valence-electron chi connectivity index (χ1n) is 29.1. The molecule has 0 aromatic rings. The number of carbonyl (C=O) groups excluding carboxylic acids is 3. The Hall–Kier alpha value is -2.63. The van der Waals surface area contributed by atoms with Crippen molar-refractivity contribution < 1.29 is 28.6 Å². The maximum absolute atomic E-state index is 12.8. The SMILES string of the molecule is CC/C=C\C/C=C\C/C=C\C/C=C\CCCCC(=O)OC[C@H](COC(=O)CCCCCCCCCCCCCCCCCCCCCCC)OC(=O)CCCCCCCCCCCCCCC. The van der Waals surface area contributed by atoms with E-state index in [2.05, 4.69) is 69.4 Å². The first kappa shape index (κ1) is 64.4. The molecular formula is C61H110O6. The Kier molecular flexibility index (Phi) is 53.8. The van der Waals surface area contributed by atoms with Gasteiger partial charge in [0.05, 0.1) is 0 Å². The lowest BCUT2D eigenvalue weighted by molar-refractivity contribution is -0.167. The summed E-state index contributed by atoms with van der Waals surface area (Å²) in [6, 6.07) is 0. The van der Waals surface area contributed by atoms with Crippen molar-refractivity contribution in [1.82, 2.24) is 0 Å². The predicted octanol–water partition coefficient (Wildman–Crippen LogP) is 19.4. The molecule has 1 atom stereocenters. The van der Waals surface area contributed by atoms with Gasteiger partial charge in [0.2, 0.25) is 0 Å². The molecule has 0 aliphatic heterocycles. The van der Waals surface area contributed by atoms with Crippen molar-refractivity contribution in [3.05, 3.63) is 48.6 Å². The van der Waals surface area contributed by atoms with E-state index in [0.29, 0.717) is 19.3 Å². The molecule has 6 nitrogen and oxygen atoms in total. The predicted molar refractivity (Wildman–Crippen MR) is 289 cm³/mol. The highest BCUT2D eigenvalue weighted by atomic mass is 16.6. The molecule has 0 saturated carbocycles. The first-order valence-corrected chi connectivity index (χ1v) is 29.1. The van der Waals surface area contributed by atoms with Crippen molar-refractivity contribution in [2.24, 2.45) is 0 Å². The quantitative estimate of drug-likeness (QED) is 0.0262. The molecule has 0 aromatic carbocycles. The molecule has 0 radical (unpaired) electrons. The third-order valence-corrected chi connectivity index (χ3v) is 12.8. The zero-order valence-corrected chi connectivity index (χ0v) is 44.7. The molecule has 0 aliphatic rings. The minimum Gasteiger partial charge on any atom is -0.462 e. The number of unbranched alkanes of at least 4 members (excludes halogenated alkanes) is 34. The maximum atomic E-state index is 12.8. The molecule has 0 fully saturated rings. The van der Waals surface area contributed by atoms with Crippen molar-refractivity contribution in [3.8, 4) is 0 Å². The van der Waals surface area contributed by atoms with Crippen LogP contribution >= 0.6 is 0 Å². The summed E-state index contributed by atoms with van der Waals surface area (Å²) in [7, 11) is 0. The Morgan fingerprint density at radius 2 is 0.582 bits per heavy atom. The van der Waals surface area contributed by atoms with Gasteiger partial charge in [0, 0.05) is 19.3 Å². The van der Waals surface area contributed by atoms with E-state index in [-0.39, 0.29) is 31.1 Å². The lowest BCUT2D eigenvalue weighted by Gasteiger charge is -2.18. The van der Waals surface area contributed by atoms with E-state index in [0.717, 1.165) is 83.5 Å². The van der Waals surface area contributed by atoms with E-state index in [1.807, 2.05) is 0 Å². The van der Waals surface area contributed by atoms with Crippen LogP contribution in [0.3, 0.4) is 0 Å². The fourth-order valence-corrected chi connectivity index (χ4v) is 8.49. The third kappa shape index (κ3) is 54.2. The Balaban J connectivity index is 4.32. The highest BCUT2D eigenvalue weighted by molar-refractivity contribution is 5.71. The fraction of sp³-hybridized carbons (Fsp3) is 0.820. The Labute approximate surface area is 416 Å². The molecular weight excluding hydrogens is 829 g/mol. The number of hydrogen-bond donors (Lipinski definition) is 0. The molecule has 0 N–H and O–H groups in total. The van der Waals surface area contributed by atoms with Gasteiger partial charge >= 0.3 is 17.9 Å². The Morgan fingerprint density at radius 3 is 0.910 bits per heavy atom. The van der Waals surface area contributed by atoms with Crippen molar-refractivity contribution >= 4 is 17.9 Å². The van der Waals surface area contributed by atoms with Gasteiger partial charge < -0.3 is 14.2 Å². The minimum atomic E-state index is -0.786. The second-order valence-electron chi connectivity index (χ2n) is 19.5. The van der Waals surface area contributed by atoms with Crippen LogP contribution in [0.4, 0.5) is 0 Å². The maximum Gasteiger partial charge on any atom is 0.306 e. The molecule has 0 amide bonds. The summed E-state index contributed by atoms with van der Waals surface area (Å²) in [5.41, 5.74) is 0. The molecule has 67 heavy (non-hydrogen) atoms. The van der Waals surface area contributed by atoms with E-state index < -0.39 is 6.10 Å². The van der Waals surface area contributed by atoms with E-state index in [1.54, 1.807) is 0 Å². The number of rotatable bonds is 53. The number of allylic oxidation sites excluding steroid dienone is 8. The van der Waals surface area contributed by atoms with Gasteiger partial charge in [-0.05, 0) is 57.8 Å². The summed E-state index contributed by atoms with van der Waals surface area (Å²) in [6.45, 7) is 6.53. The largest absolute Gasteiger partial charge is 0.462 e. The zero-order chi connectivity index (χ0) is 48.6. The standard InChI is InChI=1S/C61H110O6/c1-4-7-10-13-16-19-22-25-27-28-29-30-31-32-34-37-39-42-45-48-51-54-60(63)66-57-58(67-61(64)55-52-49-46-43-40-35-24-21-18-15-12-9-6-3)56-65-59(62)53-50-47-44-41-38-36-33-26-23-20-17-14-11-8-5-2/h8,11,17,20,26,33,38,41,58H,4-7,9-10,12-16,18-19,21-25,27-32,34-37,39-40,42-57H2,1-3H3/b11-8-,20-17-,33-26-,41-38-/t58-/m1/s1. The van der Waals surface area contributed by atoms with Crippen molar-refractivity contribution in [1.29, 1.82) is 0 Å². The molecule has 0 unspecified atom stereocenters. The summed E-state index contributed by atoms with van der Waals surface area (Å²) < 4.78 is 16.8. The third-order valence-electron chi connectivity index (χ3n) is 12.8. The Morgan fingerprint density at radius 1 is 0.313 bits per heavy atom. The van der Waals surface area contributed by atoms with Crippen LogP contribution in [-0.4, -0.2) is 37.2 Å². The monoisotopic (exact) mass is 939 g/mol. The summed E-state index contributed by atoms with van der Waals surface area (Å²) in [6.07, 6.45) is 68.3. The van der Waals surface area contributed by atoms with Gasteiger partial charge in [-0.15, -0.1) is 0 Å². The van der Waals surface area contributed by atoms with E-state index in [1.165, 1.54) is 180 Å². The number of esters is 3. The van der Waals surface area contributed by atoms with Gasteiger partial charge in [0.1, 0.15) is 13.2 Å². The molecule has 6 heteroatoms. The normalized spacial score (nSPS) is 12.3.